The number of aliphatic hydroxyl groups excluding tert-OH is 1. The van der Waals surface area contributed by atoms with Crippen LogP contribution in [0.2, 0.25) is 0 Å². The Morgan fingerprint density at radius 3 is 2.21 bits per heavy atom. The molecule has 1 fully saturated rings. The molecule has 0 saturated heterocycles. The summed E-state index contributed by atoms with van der Waals surface area (Å²) >= 11 is 0. The minimum absolute atomic E-state index is 0.0350. The Kier molecular flexibility index (Phi) is 4.90. The zero-order valence-electron chi connectivity index (χ0n) is 9.79. The number of rotatable bonds is 4. The van der Waals surface area contributed by atoms with Crippen molar-refractivity contribution >= 4 is 0 Å². The molecule has 0 aromatic rings. The van der Waals surface area contributed by atoms with Crippen LogP contribution in [-0.2, 0) is 0 Å². The van der Waals surface area contributed by atoms with Crippen molar-refractivity contribution in [3.63, 3.8) is 0 Å². The molecule has 0 radical (unpaired) electrons. The lowest BCUT2D eigenvalue weighted by Gasteiger charge is -2.31. The van der Waals surface area contributed by atoms with Crippen LogP contribution in [0.5, 0.6) is 0 Å². The molecule has 0 amide bonds. The normalized spacial score (nSPS) is 30.6. The minimum atomic E-state index is -0.0350. The SMILES string of the molecule is CCC(NC1CCC(O)CC1)C(C)C. The lowest BCUT2D eigenvalue weighted by atomic mass is 9.91. The van der Waals surface area contributed by atoms with Crippen molar-refractivity contribution in [2.45, 2.75) is 71.1 Å². The first-order valence-electron chi connectivity index (χ1n) is 6.07. The highest BCUT2D eigenvalue weighted by molar-refractivity contribution is 4.80. The highest BCUT2D eigenvalue weighted by Gasteiger charge is 2.22. The van der Waals surface area contributed by atoms with Crippen LogP contribution in [0.3, 0.4) is 0 Å². The van der Waals surface area contributed by atoms with Crippen molar-refractivity contribution in [2.75, 3.05) is 0 Å². The van der Waals surface area contributed by atoms with Crippen LogP contribution >= 0.6 is 0 Å². The molecule has 0 aliphatic heterocycles. The Balaban J connectivity index is 2.29. The van der Waals surface area contributed by atoms with Gasteiger partial charge in [-0.2, -0.15) is 0 Å². The Hall–Kier alpha value is -0.0800. The fourth-order valence-corrected chi connectivity index (χ4v) is 2.33. The number of hydrogen-bond acceptors (Lipinski definition) is 2. The van der Waals surface area contributed by atoms with Crippen molar-refractivity contribution in [3.8, 4) is 0 Å². The zero-order valence-corrected chi connectivity index (χ0v) is 9.79. The third kappa shape index (κ3) is 3.58. The summed E-state index contributed by atoms with van der Waals surface area (Å²) in [6.45, 7) is 6.80. The Morgan fingerprint density at radius 1 is 1.21 bits per heavy atom. The zero-order chi connectivity index (χ0) is 10.6. The molecule has 0 heterocycles. The predicted molar refractivity (Wildman–Crippen MR) is 60.3 cm³/mol. The monoisotopic (exact) mass is 199 g/mol. The first kappa shape index (κ1) is 12.0. The molecule has 14 heavy (non-hydrogen) atoms. The van der Waals surface area contributed by atoms with Crippen molar-refractivity contribution in [1.82, 2.24) is 5.32 Å². The third-order valence-electron chi connectivity index (χ3n) is 3.39. The van der Waals surface area contributed by atoms with E-state index in [0.29, 0.717) is 18.0 Å². The number of aliphatic hydroxyl groups is 1. The van der Waals surface area contributed by atoms with Crippen molar-refractivity contribution in [2.24, 2.45) is 5.92 Å². The minimum Gasteiger partial charge on any atom is -0.393 e. The topological polar surface area (TPSA) is 32.3 Å². The fraction of sp³-hybridized carbons (Fsp3) is 1.00. The van der Waals surface area contributed by atoms with E-state index >= 15 is 0 Å². The van der Waals surface area contributed by atoms with Gasteiger partial charge in [0.15, 0.2) is 0 Å². The molecule has 1 atom stereocenters. The van der Waals surface area contributed by atoms with E-state index in [9.17, 15) is 5.11 Å². The van der Waals surface area contributed by atoms with E-state index in [-0.39, 0.29) is 6.10 Å². The van der Waals surface area contributed by atoms with Crippen molar-refractivity contribution in [3.05, 3.63) is 0 Å². The molecule has 84 valence electrons. The Morgan fingerprint density at radius 2 is 1.79 bits per heavy atom. The van der Waals surface area contributed by atoms with Gasteiger partial charge in [-0.25, -0.2) is 0 Å². The highest BCUT2D eigenvalue weighted by Crippen LogP contribution is 2.20. The van der Waals surface area contributed by atoms with Gasteiger partial charge in [-0.05, 0) is 38.0 Å². The second-order valence-electron chi connectivity index (χ2n) is 4.93. The summed E-state index contributed by atoms with van der Waals surface area (Å²) in [5, 5.41) is 13.1. The van der Waals surface area contributed by atoms with Crippen LogP contribution in [0.15, 0.2) is 0 Å². The maximum atomic E-state index is 9.40. The van der Waals surface area contributed by atoms with Gasteiger partial charge < -0.3 is 10.4 Å². The molecule has 1 rings (SSSR count). The summed E-state index contributed by atoms with van der Waals surface area (Å²) in [7, 11) is 0. The van der Waals surface area contributed by atoms with E-state index in [2.05, 4.69) is 26.1 Å². The van der Waals surface area contributed by atoms with E-state index in [1.165, 1.54) is 6.42 Å². The maximum absolute atomic E-state index is 9.40. The van der Waals surface area contributed by atoms with Crippen LogP contribution in [-0.4, -0.2) is 23.3 Å². The summed E-state index contributed by atoms with van der Waals surface area (Å²) in [6, 6.07) is 1.29. The molecule has 2 heteroatoms. The third-order valence-corrected chi connectivity index (χ3v) is 3.39. The van der Waals surface area contributed by atoms with E-state index in [1.54, 1.807) is 0 Å². The number of nitrogens with one attached hydrogen (secondary N) is 1. The Bertz CT molecular complexity index is 150. The van der Waals surface area contributed by atoms with Gasteiger partial charge in [0.05, 0.1) is 6.10 Å². The lowest BCUT2D eigenvalue weighted by Crippen LogP contribution is -2.43. The van der Waals surface area contributed by atoms with Gasteiger partial charge in [-0.3, -0.25) is 0 Å². The van der Waals surface area contributed by atoms with Crippen LogP contribution in [0.4, 0.5) is 0 Å². The van der Waals surface area contributed by atoms with Gasteiger partial charge in [0, 0.05) is 12.1 Å². The molecule has 1 unspecified atom stereocenters. The standard InChI is InChI=1S/C12H25NO/c1-4-12(9(2)3)13-10-5-7-11(14)8-6-10/h9-14H,4-8H2,1-3H3. The molecule has 0 aromatic heterocycles. The van der Waals surface area contributed by atoms with Gasteiger partial charge in [-0.1, -0.05) is 20.8 Å². The maximum Gasteiger partial charge on any atom is 0.0541 e. The molecule has 2 N–H and O–H groups in total. The summed E-state index contributed by atoms with van der Waals surface area (Å²) in [5.74, 6) is 0.715. The van der Waals surface area contributed by atoms with Crippen molar-refractivity contribution in [1.29, 1.82) is 0 Å². The second kappa shape index (κ2) is 5.72. The summed E-state index contributed by atoms with van der Waals surface area (Å²) in [5.41, 5.74) is 0. The molecule has 1 saturated carbocycles. The predicted octanol–water partition coefficient (Wildman–Crippen LogP) is 2.31. The van der Waals surface area contributed by atoms with Crippen LogP contribution in [0, 0.1) is 5.92 Å². The summed E-state index contributed by atoms with van der Waals surface area (Å²) < 4.78 is 0. The van der Waals surface area contributed by atoms with Crippen LogP contribution < -0.4 is 5.32 Å². The average molecular weight is 199 g/mol. The first-order chi connectivity index (χ1) is 6.63. The van der Waals surface area contributed by atoms with Gasteiger partial charge in [0.1, 0.15) is 0 Å². The molecule has 1 aliphatic carbocycles. The largest absolute Gasteiger partial charge is 0.393 e. The van der Waals surface area contributed by atoms with Gasteiger partial charge >= 0.3 is 0 Å². The molecule has 1 aliphatic rings. The molecular formula is C12H25NO. The first-order valence-corrected chi connectivity index (χ1v) is 6.07. The second-order valence-corrected chi connectivity index (χ2v) is 4.93. The number of hydrogen-bond donors (Lipinski definition) is 2. The lowest BCUT2D eigenvalue weighted by molar-refractivity contribution is 0.112. The molecular weight excluding hydrogens is 174 g/mol. The molecule has 2 nitrogen and oxygen atoms in total. The average Bonchev–Trinajstić information content (AvgIpc) is 2.16. The van der Waals surface area contributed by atoms with Crippen molar-refractivity contribution < 1.29 is 5.11 Å². The van der Waals surface area contributed by atoms with Crippen LogP contribution in [0.1, 0.15) is 52.9 Å². The van der Waals surface area contributed by atoms with E-state index in [4.69, 9.17) is 0 Å². The quantitative estimate of drug-likeness (QED) is 0.728. The fourth-order valence-electron chi connectivity index (χ4n) is 2.33. The van der Waals surface area contributed by atoms with E-state index in [1.807, 2.05) is 0 Å². The smallest absolute Gasteiger partial charge is 0.0541 e. The summed E-state index contributed by atoms with van der Waals surface area (Å²) in [6.07, 6.45) is 5.41. The molecule has 0 spiro atoms. The van der Waals surface area contributed by atoms with Gasteiger partial charge in [0.2, 0.25) is 0 Å². The van der Waals surface area contributed by atoms with Crippen LogP contribution in [0.25, 0.3) is 0 Å². The molecule has 0 aromatic carbocycles. The van der Waals surface area contributed by atoms with Gasteiger partial charge in [-0.15, -0.1) is 0 Å². The van der Waals surface area contributed by atoms with E-state index < -0.39 is 0 Å². The molecule has 0 bridgehead atoms. The highest BCUT2D eigenvalue weighted by atomic mass is 16.3. The van der Waals surface area contributed by atoms with E-state index in [0.717, 1.165) is 25.7 Å². The Labute approximate surface area is 88.1 Å². The van der Waals surface area contributed by atoms with Gasteiger partial charge in [0.25, 0.3) is 0 Å². The summed E-state index contributed by atoms with van der Waals surface area (Å²) in [4.78, 5) is 0.